The molecule has 2 aliphatic carbocycles. The number of nitrogens with zero attached hydrogens (tertiary/aromatic N) is 1. The number of rotatable bonds is 9. The Morgan fingerprint density at radius 3 is 2.49 bits per heavy atom. The van der Waals surface area contributed by atoms with E-state index >= 15 is 0 Å². The molecule has 2 amide bonds. The molecular weight excluding hydrogens is 489 g/mol. The van der Waals surface area contributed by atoms with Crippen LogP contribution < -0.4 is 10.6 Å². The van der Waals surface area contributed by atoms with Crippen molar-refractivity contribution in [1.82, 2.24) is 10.2 Å². The van der Waals surface area contributed by atoms with Gasteiger partial charge in [-0.1, -0.05) is 42.6 Å². The smallest absolute Gasteiger partial charge is 0.230 e. The lowest BCUT2D eigenvalue weighted by molar-refractivity contribution is -0.126. The summed E-state index contributed by atoms with van der Waals surface area (Å²) >= 11 is 6.36. The highest BCUT2D eigenvalue weighted by molar-refractivity contribution is 6.31. The van der Waals surface area contributed by atoms with Crippen molar-refractivity contribution in [2.45, 2.75) is 69.1 Å². The van der Waals surface area contributed by atoms with Gasteiger partial charge in [0.15, 0.2) is 0 Å². The fraction of sp³-hybridized carbons (Fsp3) is 0.533. The number of carbonyl (C=O) groups is 2. The third kappa shape index (κ3) is 6.18. The Balaban J connectivity index is 1.07. The van der Waals surface area contributed by atoms with Crippen molar-refractivity contribution in [1.29, 1.82) is 0 Å². The van der Waals surface area contributed by atoms with Crippen LogP contribution in [0.15, 0.2) is 42.5 Å². The van der Waals surface area contributed by atoms with Gasteiger partial charge in [0.2, 0.25) is 11.8 Å². The van der Waals surface area contributed by atoms with Crippen molar-refractivity contribution in [3.8, 4) is 0 Å². The topological polar surface area (TPSA) is 61.4 Å². The first kappa shape index (κ1) is 26.2. The van der Waals surface area contributed by atoms with Crippen molar-refractivity contribution < 1.29 is 14.0 Å². The predicted octanol–water partition coefficient (Wildman–Crippen LogP) is 6.03. The van der Waals surface area contributed by atoms with E-state index in [0.717, 1.165) is 88.7 Å². The number of hydrogen-bond acceptors (Lipinski definition) is 3. The maximum Gasteiger partial charge on any atom is 0.230 e. The van der Waals surface area contributed by atoms with Crippen LogP contribution in [0.5, 0.6) is 0 Å². The van der Waals surface area contributed by atoms with Gasteiger partial charge < -0.3 is 15.5 Å². The molecule has 5 nitrogen and oxygen atoms in total. The number of hydrogen-bond donors (Lipinski definition) is 2. The molecule has 2 saturated carbocycles. The standard InChI is InChI=1S/C30H37ClFN3O2/c31-27-20-24(32)9-10-26(27)30(13-1-2-14-30)29(37)33-15-4-16-35-17-11-21(12-18-35)23-5-3-6-25(19-23)34-28(36)22-7-8-22/h3,5-6,9-10,19-22H,1-2,4,7-8,11-18H2,(H,33,37)(H,34,36). The molecule has 5 rings (SSSR count). The number of nitrogens with one attached hydrogen (secondary N) is 2. The molecular formula is C30H37ClFN3O2. The second kappa shape index (κ2) is 11.5. The van der Waals surface area contributed by atoms with Crippen LogP contribution in [0, 0.1) is 11.7 Å². The summed E-state index contributed by atoms with van der Waals surface area (Å²) in [4.78, 5) is 27.9. The van der Waals surface area contributed by atoms with Gasteiger partial charge in [0.05, 0.1) is 5.41 Å². The Morgan fingerprint density at radius 1 is 1.03 bits per heavy atom. The normalized spacial score (nSPS) is 20.1. The molecule has 0 spiro atoms. The largest absolute Gasteiger partial charge is 0.355 e. The summed E-state index contributed by atoms with van der Waals surface area (Å²) in [5.41, 5.74) is 2.33. The molecule has 0 aromatic heterocycles. The van der Waals surface area contributed by atoms with Gasteiger partial charge in [-0.3, -0.25) is 9.59 Å². The van der Waals surface area contributed by atoms with Crippen molar-refractivity contribution in [2.24, 2.45) is 5.92 Å². The molecule has 1 saturated heterocycles. The monoisotopic (exact) mass is 525 g/mol. The van der Waals surface area contributed by atoms with E-state index in [1.54, 1.807) is 6.07 Å². The molecule has 1 heterocycles. The Labute approximate surface area is 224 Å². The van der Waals surface area contributed by atoms with Gasteiger partial charge in [0.1, 0.15) is 5.82 Å². The fourth-order valence-electron chi connectivity index (χ4n) is 6.10. The molecule has 2 aromatic rings. The Morgan fingerprint density at radius 2 is 1.78 bits per heavy atom. The van der Waals surface area contributed by atoms with Crippen LogP contribution in [0.25, 0.3) is 0 Å². The van der Waals surface area contributed by atoms with Crippen LogP contribution in [-0.4, -0.2) is 42.9 Å². The Kier molecular flexibility index (Phi) is 8.15. The van der Waals surface area contributed by atoms with Crippen LogP contribution >= 0.6 is 11.6 Å². The number of anilines is 1. The van der Waals surface area contributed by atoms with Crippen LogP contribution in [0.4, 0.5) is 10.1 Å². The molecule has 1 aliphatic heterocycles. The number of carbonyl (C=O) groups excluding carboxylic acids is 2. The van der Waals surface area contributed by atoms with E-state index in [0.29, 0.717) is 17.5 Å². The summed E-state index contributed by atoms with van der Waals surface area (Å²) in [6, 6.07) is 12.7. The van der Waals surface area contributed by atoms with Crippen LogP contribution in [0.3, 0.4) is 0 Å². The molecule has 37 heavy (non-hydrogen) atoms. The average Bonchev–Trinajstić information content (AvgIpc) is 3.64. The number of benzene rings is 2. The number of piperidine rings is 1. The van der Waals surface area contributed by atoms with Crippen LogP contribution in [0.1, 0.15) is 74.8 Å². The van der Waals surface area contributed by atoms with E-state index in [2.05, 4.69) is 27.7 Å². The first-order valence-electron chi connectivity index (χ1n) is 13.8. The third-order valence-corrected chi connectivity index (χ3v) is 8.75. The Hall–Kier alpha value is -2.44. The highest BCUT2D eigenvalue weighted by atomic mass is 35.5. The molecule has 2 aromatic carbocycles. The van der Waals surface area contributed by atoms with Crippen LogP contribution in [-0.2, 0) is 15.0 Å². The highest BCUT2D eigenvalue weighted by Gasteiger charge is 2.43. The average molecular weight is 526 g/mol. The first-order chi connectivity index (χ1) is 17.9. The van der Waals surface area contributed by atoms with E-state index in [-0.39, 0.29) is 23.5 Å². The summed E-state index contributed by atoms with van der Waals surface area (Å²) in [6.07, 6.45) is 8.57. The zero-order valence-corrected chi connectivity index (χ0v) is 22.2. The van der Waals surface area contributed by atoms with Gasteiger partial charge >= 0.3 is 0 Å². The van der Waals surface area contributed by atoms with Gasteiger partial charge in [-0.05, 0) is 106 Å². The molecule has 3 fully saturated rings. The lowest BCUT2D eigenvalue weighted by Gasteiger charge is -2.32. The SMILES string of the molecule is O=C(Nc1cccc(C2CCN(CCCNC(=O)C3(c4ccc(F)cc4Cl)CCCC3)CC2)c1)C1CC1. The lowest BCUT2D eigenvalue weighted by atomic mass is 9.78. The molecule has 198 valence electrons. The number of amides is 2. The van der Waals surface area contributed by atoms with Gasteiger partial charge in [0.25, 0.3) is 0 Å². The zero-order valence-electron chi connectivity index (χ0n) is 21.4. The van der Waals surface area contributed by atoms with Crippen molar-refractivity contribution in [3.63, 3.8) is 0 Å². The van der Waals surface area contributed by atoms with Crippen molar-refractivity contribution >= 4 is 29.1 Å². The summed E-state index contributed by atoms with van der Waals surface area (Å²) in [5, 5.41) is 6.57. The first-order valence-corrected chi connectivity index (χ1v) is 14.2. The minimum atomic E-state index is -0.643. The van der Waals surface area contributed by atoms with Crippen molar-refractivity contribution in [2.75, 3.05) is 31.5 Å². The molecule has 0 atom stereocenters. The van der Waals surface area contributed by atoms with Gasteiger partial charge in [-0.25, -0.2) is 4.39 Å². The Bertz CT molecular complexity index is 1120. The van der Waals surface area contributed by atoms with Gasteiger partial charge in [0, 0.05) is 23.2 Å². The van der Waals surface area contributed by atoms with Crippen molar-refractivity contribution in [3.05, 3.63) is 64.4 Å². The molecule has 0 radical (unpaired) electrons. The van der Waals surface area contributed by atoms with Gasteiger partial charge in [-0.15, -0.1) is 0 Å². The summed E-state index contributed by atoms with van der Waals surface area (Å²) in [6.45, 7) is 3.65. The maximum atomic E-state index is 13.6. The van der Waals surface area contributed by atoms with E-state index in [4.69, 9.17) is 11.6 Å². The molecule has 0 unspecified atom stereocenters. The van der Waals surface area contributed by atoms with E-state index in [9.17, 15) is 14.0 Å². The summed E-state index contributed by atoms with van der Waals surface area (Å²) in [7, 11) is 0. The second-order valence-electron chi connectivity index (χ2n) is 11.0. The minimum absolute atomic E-state index is 0.0193. The number of likely N-dealkylation sites (tertiary alicyclic amines) is 1. The molecule has 2 N–H and O–H groups in total. The lowest BCUT2D eigenvalue weighted by Crippen LogP contribution is -2.44. The molecule has 7 heteroatoms. The summed E-state index contributed by atoms with van der Waals surface area (Å²) < 4.78 is 13.6. The molecule has 3 aliphatic rings. The third-order valence-electron chi connectivity index (χ3n) is 8.44. The fourth-order valence-corrected chi connectivity index (χ4v) is 6.45. The van der Waals surface area contributed by atoms with Gasteiger partial charge in [-0.2, -0.15) is 0 Å². The summed E-state index contributed by atoms with van der Waals surface area (Å²) in [5.74, 6) is 0.515. The minimum Gasteiger partial charge on any atom is -0.355 e. The molecule has 0 bridgehead atoms. The van der Waals surface area contributed by atoms with E-state index < -0.39 is 5.41 Å². The van der Waals surface area contributed by atoms with E-state index in [1.165, 1.54) is 17.7 Å². The zero-order chi connectivity index (χ0) is 25.8. The maximum absolute atomic E-state index is 13.6. The van der Waals surface area contributed by atoms with Crippen LogP contribution in [0.2, 0.25) is 5.02 Å². The highest BCUT2D eigenvalue weighted by Crippen LogP contribution is 2.44. The quantitative estimate of drug-likeness (QED) is 0.393. The number of halogens is 2. The van der Waals surface area contributed by atoms with E-state index in [1.807, 2.05) is 12.1 Å². The second-order valence-corrected chi connectivity index (χ2v) is 11.4. The predicted molar refractivity (Wildman–Crippen MR) is 145 cm³/mol.